The number of rotatable bonds is 15. The Morgan fingerprint density at radius 1 is 0.918 bits per heavy atom. The number of hydrogen-bond acceptors (Lipinski definition) is 5. The van der Waals surface area contributed by atoms with Crippen molar-refractivity contribution in [2.45, 2.75) is 116 Å². The van der Waals surface area contributed by atoms with Gasteiger partial charge in [-0.3, -0.25) is 9.59 Å². The van der Waals surface area contributed by atoms with E-state index in [4.69, 9.17) is 38.4 Å². The van der Waals surface area contributed by atoms with Gasteiger partial charge in [0, 0.05) is 44.7 Å². The van der Waals surface area contributed by atoms with Crippen LogP contribution in [-0.4, -0.2) is 54.2 Å². The SMILES string of the molecule is CCCC[Si](C)(C)COc1ccc(C(=O)N(C2CC(C)(C)NC(C)(C)C2)[C@@H](Cc2ccc(OCc3c(Cl)cccc3Cl)cc2)C(N)=O)cc1. The number of nitrogens with one attached hydrogen (secondary N) is 1. The van der Waals surface area contributed by atoms with E-state index >= 15 is 0 Å². The van der Waals surface area contributed by atoms with E-state index in [1.807, 2.05) is 36.4 Å². The van der Waals surface area contributed by atoms with Crippen LogP contribution in [0.1, 0.15) is 81.8 Å². The maximum absolute atomic E-state index is 14.5. The Morgan fingerprint density at radius 3 is 2.02 bits per heavy atom. The zero-order valence-corrected chi connectivity index (χ0v) is 32.6. The molecule has 1 saturated heterocycles. The van der Waals surface area contributed by atoms with Gasteiger partial charge in [-0.25, -0.2) is 0 Å². The van der Waals surface area contributed by atoms with Crippen LogP contribution < -0.4 is 20.5 Å². The summed E-state index contributed by atoms with van der Waals surface area (Å²) in [4.78, 5) is 29.5. The van der Waals surface area contributed by atoms with Crippen LogP contribution >= 0.6 is 23.2 Å². The van der Waals surface area contributed by atoms with E-state index in [-0.39, 0.29) is 36.1 Å². The first-order chi connectivity index (χ1) is 23.0. The lowest BCUT2D eigenvalue weighted by molar-refractivity contribution is -0.123. The van der Waals surface area contributed by atoms with Crippen LogP contribution in [0.5, 0.6) is 11.5 Å². The van der Waals surface area contributed by atoms with Gasteiger partial charge in [0.2, 0.25) is 5.91 Å². The molecule has 4 rings (SSSR count). The molecule has 7 nitrogen and oxygen atoms in total. The third-order valence-electron chi connectivity index (χ3n) is 9.20. The molecular weight excluding hydrogens is 673 g/mol. The van der Waals surface area contributed by atoms with Crippen molar-refractivity contribution in [1.29, 1.82) is 0 Å². The highest BCUT2D eigenvalue weighted by atomic mass is 35.5. The molecule has 1 aliphatic heterocycles. The van der Waals surface area contributed by atoms with E-state index in [9.17, 15) is 9.59 Å². The van der Waals surface area contributed by atoms with Gasteiger partial charge >= 0.3 is 0 Å². The fraction of sp³-hybridized carbons (Fsp3) is 0.487. The van der Waals surface area contributed by atoms with Crippen molar-refractivity contribution < 1.29 is 19.1 Å². The molecule has 3 aromatic rings. The Labute approximate surface area is 303 Å². The minimum absolute atomic E-state index is 0.216. The molecule has 0 aliphatic carbocycles. The zero-order valence-electron chi connectivity index (χ0n) is 30.1. The van der Waals surface area contributed by atoms with Crippen LogP contribution in [-0.2, 0) is 17.8 Å². The quantitative estimate of drug-likeness (QED) is 0.153. The maximum atomic E-state index is 14.5. The maximum Gasteiger partial charge on any atom is 0.254 e. The fourth-order valence-corrected chi connectivity index (χ4v) is 9.50. The van der Waals surface area contributed by atoms with E-state index in [2.05, 4.69) is 53.0 Å². The van der Waals surface area contributed by atoms with E-state index in [1.165, 1.54) is 18.9 Å². The standard InChI is InChI=1S/C39H53Cl2N3O4Si/c1-8-9-21-49(6,7)26-48-31-19-15-28(16-20-31)37(46)44(29-23-38(2,3)43-39(4,5)24-29)35(36(42)45)22-27-13-17-30(18-14-27)47-25-32-33(40)11-10-12-34(32)41/h10-20,29,35,43H,8-9,21-26H2,1-7H3,(H2,42,45)/t35-/m0/s1. The van der Waals surface area contributed by atoms with Crippen molar-refractivity contribution in [2.24, 2.45) is 5.73 Å². The van der Waals surface area contributed by atoms with Crippen LogP contribution in [0.2, 0.25) is 29.2 Å². The minimum atomic E-state index is -1.48. The molecule has 0 radical (unpaired) electrons. The van der Waals surface area contributed by atoms with Crippen molar-refractivity contribution in [3.63, 3.8) is 0 Å². The Balaban J connectivity index is 1.57. The lowest BCUT2D eigenvalue weighted by atomic mass is 9.78. The molecule has 0 saturated carbocycles. The Bertz CT molecular complexity index is 1540. The molecule has 1 heterocycles. The molecule has 266 valence electrons. The number of halogens is 2. The van der Waals surface area contributed by atoms with Crippen LogP contribution in [0.15, 0.2) is 66.7 Å². The molecule has 2 amide bonds. The normalized spacial score (nSPS) is 16.5. The Kier molecular flexibility index (Phi) is 12.9. The van der Waals surface area contributed by atoms with E-state index in [0.717, 1.165) is 17.5 Å². The number of benzene rings is 3. The average Bonchev–Trinajstić information content (AvgIpc) is 3.01. The van der Waals surface area contributed by atoms with Crippen LogP contribution in [0.25, 0.3) is 0 Å². The van der Waals surface area contributed by atoms with E-state index in [1.54, 1.807) is 35.2 Å². The number of primary amides is 1. The summed E-state index contributed by atoms with van der Waals surface area (Å²) in [5, 5.41) is 4.78. The van der Waals surface area contributed by atoms with Gasteiger partial charge in [0.1, 0.15) is 24.1 Å². The van der Waals surface area contributed by atoms with Gasteiger partial charge in [-0.05, 0) is 94.6 Å². The number of ether oxygens (including phenoxy) is 2. The third-order valence-corrected chi connectivity index (χ3v) is 12.5. The molecule has 0 spiro atoms. The summed E-state index contributed by atoms with van der Waals surface area (Å²) >= 11 is 12.6. The number of nitrogens with zero attached hydrogens (tertiary/aromatic N) is 1. The second-order valence-electron chi connectivity index (χ2n) is 15.5. The predicted octanol–water partition coefficient (Wildman–Crippen LogP) is 8.85. The smallest absolute Gasteiger partial charge is 0.254 e. The number of amides is 2. The fourth-order valence-electron chi connectivity index (χ4n) is 6.98. The van der Waals surface area contributed by atoms with Crippen LogP contribution in [0.4, 0.5) is 0 Å². The second-order valence-corrected chi connectivity index (χ2v) is 21.4. The lowest BCUT2D eigenvalue weighted by Crippen LogP contribution is -2.65. The highest BCUT2D eigenvalue weighted by Crippen LogP contribution is 2.34. The van der Waals surface area contributed by atoms with Crippen molar-refractivity contribution in [2.75, 3.05) is 6.23 Å². The lowest BCUT2D eigenvalue weighted by Gasteiger charge is -2.51. The van der Waals surface area contributed by atoms with Gasteiger partial charge in [0.25, 0.3) is 5.91 Å². The van der Waals surface area contributed by atoms with Crippen molar-refractivity contribution in [1.82, 2.24) is 10.2 Å². The molecule has 0 unspecified atom stereocenters. The molecule has 3 N–H and O–H groups in total. The van der Waals surface area contributed by atoms with Gasteiger partial charge in [-0.1, -0.05) is 80.3 Å². The van der Waals surface area contributed by atoms with Crippen molar-refractivity contribution >= 4 is 43.1 Å². The largest absolute Gasteiger partial charge is 0.497 e. The van der Waals surface area contributed by atoms with E-state index in [0.29, 0.717) is 39.8 Å². The number of piperidine rings is 1. The summed E-state index contributed by atoms with van der Waals surface area (Å²) in [6, 6.07) is 20.3. The summed E-state index contributed by atoms with van der Waals surface area (Å²) in [6.45, 7) is 15.7. The third kappa shape index (κ3) is 11.0. The predicted molar refractivity (Wildman–Crippen MR) is 204 cm³/mol. The number of carbonyl (C=O) groups is 2. The molecule has 1 fully saturated rings. The zero-order chi connectivity index (χ0) is 36.0. The first kappa shape index (κ1) is 38.8. The van der Waals surface area contributed by atoms with Crippen molar-refractivity contribution in [3.8, 4) is 11.5 Å². The first-order valence-corrected chi connectivity index (χ1v) is 21.4. The molecule has 1 atom stereocenters. The average molecular weight is 727 g/mol. The first-order valence-electron chi connectivity index (χ1n) is 17.3. The molecule has 1 aliphatic rings. The summed E-state index contributed by atoms with van der Waals surface area (Å²) in [7, 11) is -1.48. The van der Waals surface area contributed by atoms with Gasteiger partial charge in [0.15, 0.2) is 0 Å². The summed E-state index contributed by atoms with van der Waals surface area (Å²) in [6.07, 6.45) is 4.73. The summed E-state index contributed by atoms with van der Waals surface area (Å²) in [5.74, 6) is 0.609. The van der Waals surface area contributed by atoms with E-state index < -0.39 is 20.0 Å². The summed E-state index contributed by atoms with van der Waals surface area (Å²) < 4.78 is 12.2. The number of carbonyl (C=O) groups excluding carboxylic acids is 2. The number of hydrogen-bond donors (Lipinski definition) is 2. The molecule has 0 aromatic heterocycles. The Morgan fingerprint density at radius 2 is 1.47 bits per heavy atom. The van der Waals surface area contributed by atoms with Crippen LogP contribution in [0.3, 0.4) is 0 Å². The van der Waals surface area contributed by atoms with Gasteiger partial charge in [-0.2, -0.15) is 0 Å². The summed E-state index contributed by atoms with van der Waals surface area (Å²) in [5.41, 5.74) is 7.68. The Hall–Kier alpha value is -3.04. The highest BCUT2D eigenvalue weighted by molar-refractivity contribution is 6.77. The van der Waals surface area contributed by atoms with Crippen molar-refractivity contribution in [3.05, 3.63) is 93.5 Å². The highest BCUT2D eigenvalue weighted by Gasteiger charge is 2.44. The number of nitrogens with two attached hydrogens (primary N) is 1. The molecule has 49 heavy (non-hydrogen) atoms. The molecule has 0 bridgehead atoms. The minimum Gasteiger partial charge on any atom is -0.497 e. The van der Waals surface area contributed by atoms with Gasteiger partial charge in [0.05, 0.1) is 14.3 Å². The van der Waals surface area contributed by atoms with Crippen LogP contribution in [0, 0.1) is 0 Å². The monoisotopic (exact) mass is 725 g/mol. The number of unbranched alkanes of at least 4 members (excludes halogenated alkanes) is 1. The van der Waals surface area contributed by atoms with Gasteiger partial charge in [-0.15, -0.1) is 0 Å². The second kappa shape index (κ2) is 16.3. The molecule has 3 aromatic carbocycles. The molecule has 10 heteroatoms. The van der Waals surface area contributed by atoms with Gasteiger partial charge < -0.3 is 25.4 Å². The molecular formula is C39H53Cl2N3O4Si. The topological polar surface area (TPSA) is 93.9 Å².